The minimum Gasteiger partial charge on any atom is -0.365 e. The highest BCUT2D eigenvalue weighted by molar-refractivity contribution is 14.1. The molecule has 1 rings (SSSR count). The predicted molar refractivity (Wildman–Crippen MR) is 123 cm³/mol. The molecule has 5 N–H and O–H groups in total. The van der Waals surface area contributed by atoms with Gasteiger partial charge in [0.15, 0.2) is 5.03 Å². The Morgan fingerprint density at radius 2 is 2.00 bits per heavy atom. The Hall–Kier alpha value is -2.44. The highest BCUT2D eigenvalue weighted by Crippen LogP contribution is 2.18. The van der Waals surface area contributed by atoms with Gasteiger partial charge in [-0.1, -0.05) is 50.8 Å². The Balaban J connectivity index is 3.17. The molecule has 0 unspecified atom stereocenters. The monoisotopic (exact) mass is 532 g/mol. The number of benzene rings is 1. The average Bonchev–Trinajstić information content (AvgIpc) is 2.62. The second kappa shape index (κ2) is 12.3. The summed E-state index contributed by atoms with van der Waals surface area (Å²) in [6, 6.07) is 7.37. The molecule has 0 heterocycles. The molecule has 10 nitrogen and oxygen atoms in total. The topological polar surface area (TPSA) is 152 Å². The number of hydrazine groups is 1. The van der Waals surface area contributed by atoms with Crippen LogP contribution in [0.25, 0.3) is 0 Å². The van der Waals surface area contributed by atoms with Gasteiger partial charge in [-0.3, -0.25) is 9.59 Å². The smallest absolute Gasteiger partial charge is 0.268 e. The van der Waals surface area contributed by atoms with Crippen molar-refractivity contribution in [3.05, 3.63) is 43.5 Å². The Morgan fingerprint density at radius 3 is 2.57 bits per heavy atom. The summed E-state index contributed by atoms with van der Waals surface area (Å²) in [4.78, 5) is 40.6. The van der Waals surface area contributed by atoms with Crippen LogP contribution in [-0.4, -0.2) is 35.0 Å². The lowest BCUT2D eigenvalue weighted by molar-refractivity contribution is -0.525. The number of guanidine groups is 1. The molecule has 1 atom stereocenters. The fourth-order valence-corrected chi connectivity index (χ4v) is 3.34. The molecule has 0 spiro atoms. The highest BCUT2D eigenvalue weighted by atomic mass is 127. The zero-order valence-electron chi connectivity index (χ0n) is 17.4. The summed E-state index contributed by atoms with van der Waals surface area (Å²) in [7, 11) is 0. The lowest BCUT2D eigenvalue weighted by Crippen LogP contribution is -2.59. The van der Waals surface area contributed by atoms with Crippen molar-refractivity contribution < 1.29 is 14.6 Å². The molecule has 0 aliphatic rings. The first-order valence-corrected chi connectivity index (χ1v) is 10.8. The second-order valence-corrected chi connectivity index (χ2v) is 8.39. The zero-order valence-corrected chi connectivity index (χ0v) is 19.6. The van der Waals surface area contributed by atoms with E-state index in [1.165, 1.54) is 0 Å². The zero-order chi connectivity index (χ0) is 22.7. The van der Waals surface area contributed by atoms with Crippen LogP contribution in [-0.2, 0) is 16.0 Å². The lowest BCUT2D eigenvalue weighted by Gasteiger charge is -2.30. The number of carbonyl (C=O) groups excluding carboxylic acids is 2. The molecule has 0 saturated heterocycles. The molecule has 0 bridgehead atoms. The van der Waals surface area contributed by atoms with Crippen LogP contribution in [0.1, 0.15) is 45.6 Å². The van der Waals surface area contributed by atoms with Crippen molar-refractivity contribution in [1.82, 2.24) is 16.1 Å². The third kappa shape index (κ3) is 8.51. The molecular formula is C19H29IN6O4. The van der Waals surface area contributed by atoms with E-state index in [9.17, 15) is 19.7 Å². The maximum absolute atomic E-state index is 13.0. The molecule has 1 aromatic rings. The van der Waals surface area contributed by atoms with Gasteiger partial charge < -0.3 is 16.4 Å². The fourth-order valence-electron chi connectivity index (χ4n) is 2.76. The third-order valence-corrected chi connectivity index (χ3v) is 5.22. The Kier molecular flexibility index (Phi) is 10.5. The van der Waals surface area contributed by atoms with Crippen LogP contribution in [0.4, 0.5) is 0 Å². The van der Waals surface area contributed by atoms with Crippen LogP contribution in [0.3, 0.4) is 0 Å². The van der Waals surface area contributed by atoms with Crippen molar-refractivity contribution in [2.75, 3.05) is 6.54 Å². The summed E-state index contributed by atoms with van der Waals surface area (Å²) in [5.74, 6) is -1.20. The predicted octanol–water partition coefficient (Wildman–Crippen LogP) is 1.70. The van der Waals surface area contributed by atoms with Gasteiger partial charge in [-0.05, 0) is 46.6 Å². The van der Waals surface area contributed by atoms with Crippen LogP contribution in [0.15, 0.2) is 29.3 Å². The van der Waals surface area contributed by atoms with Crippen molar-refractivity contribution in [1.29, 1.82) is 0 Å². The van der Waals surface area contributed by atoms with Gasteiger partial charge in [0, 0.05) is 16.5 Å². The normalized spacial score (nSPS) is 13.4. The molecule has 0 aromatic heterocycles. The van der Waals surface area contributed by atoms with Gasteiger partial charge in [-0.25, -0.2) is 15.1 Å². The highest BCUT2D eigenvalue weighted by Gasteiger charge is 2.39. The number of carbonyl (C=O) groups is 2. The molecule has 30 heavy (non-hydrogen) atoms. The van der Waals surface area contributed by atoms with Crippen LogP contribution < -0.4 is 21.8 Å². The van der Waals surface area contributed by atoms with Crippen LogP contribution in [0.2, 0.25) is 0 Å². The number of aliphatic imine (C=N–C) groups is 1. The van der Waals surface area contributed by atoms with Crippen molar-refractivity contribution in [2.24, 2.45) is 16.6 Å². The molecule has 166 valence electrons. The summed E-state index contributed by atoms with van der Waals surface area (Å²) in [6.45, 7) is 6.24. The van der Waals surface area contributed by atoms with Gasteiger partial charge in [-0.2, -0.15) is 0 Å². The average molecular weight is 532 g/mol. The summed E-state index contributed by atoms with van der Waals surface area (Å²) in [5, 5.41) is 15.3. The molecule has 0 fully saturated rings. The van der Waals surface area contributed by atoms with E-state index >= 15 is 0 Å². The van der Waals surface area contributed by atoms with E-state index < -0.39 is 28.5 Å². The van der Waals surface area contributed by atoms with Crippen molar-refractivity contribution in [3.63, 3.8) is 0 Å². The summed E-state index contributed by atoms with van der Waals surface area (Å²) >= 11 is 2.13. The standard InChI is InChI=1S/C19H29IN6O4/c1-4-10-19(24-18(21)25-26(29)30,17(28)22-11-9-13(2)3)23-16(27)12-14-7-5-6-8-15(14)20/h5-8,13H,4,9-12H2,1-3H3,(H,22,28)(H,23,27)(H3,21,24,25)/t19-/m1/s1. The number of hydrogen-bond donors (Lipinski definition) is 4. The van der Waals surface area contributed by atoms with Crippen LogP contribution >= 0.6 is 22.6 Å². The summed E-state index contributed by atoms with van der Waals surface area (Å²) in [6.07, 6.45) is 1.37. The third-order valence-electron chi connectivity index (χ3n) is 4.17. The van der Waals surface area contributed by atoms with Gasteiger partial charge in [0.05, 0.1) is 6.42 Å². The SMILES string of the molecule is CCC[C@](N=C(N)N[N+](=O)[O-])(NC(=O)Cc1ccccc1I)C(=O)NCCC(C)C. The van der Waals surface area contributed by atoms with Gasteiger partial charge in [0.1, 0.15) is 0 Å². The molecule has 0 aliphatic heterocycles. The van der Waals surface area contributed by atoms with Gasteiger partial charge >= 0.3 is 0 Å². The summed E-state index contributed by atoms with van der Waals surface area (Å²) < 4.78 is 0.908. The maximum Gasteiger partial charge on any atom is 0.268 e. The van der Waals surface area contributed by atoms with Crippen molar-refractivity contribution in [3.8, 4) is 0 Å². The van der Waals surface area contributed by atoms with E-state index in [0.29, 0.717) is 18.9 Å². The number of rotatable bonds is 11. The summed E-state index contributed by atoms with van der Waals surface area (Å²) in [5.41, 5.74) is 6.40. The quantitative estimate of drug-likeness (QED) is 0.112. The number of nitrogens with two attached hydrogens (primary N) is 1. The number of halogens is 1. The second-order valence-electron chi connectivity index (χ2n) is 7.23. The van der Waals surface area contributed by atoms with E-state index in [0.717, 1.165) is 15.6 Å². The number of amides is 2. The molecule has 0 radical (unpaired) electrons. The Morgan fingerprint density at radius 1 is 1.33 bits per heavy atom. The van der Waals surface area contributed by atoms with Crippen LogP contribution in [0.5, 0.6) is 0 Å². The minimum atomic E-state index is -1.75. The van der Waals surface area contributed by atoms with E-state index in [2.05, 4.69) is 38.2 Å². The molecule has 0 saturated carbocycles. The number of nitrogens with zero attached hydrogens (tertiary/aromatic N) is 2. The number of nitrogens with one attached hydrogen (secondary N) is 3. The van der Waals surface area contributed by atoms with Crippen molar-refractivity contribution in [2.45, 2.75) is 52.1 Å². The Labute approximate surface area is 189 Å². The van der Waals surface area contributed by atoms with E-state index in [1.54, 1.807) is 5.43 Å². The number of nitro groups is 1. The van der Waals surface area contributed by atoms with Crippen LogP contribution in [0, 0.1) is 19.6 Å². The van der Waals surface area contributed by atoms with E-state index in [1.807, 2.05) is 45.0 Å². The van der Waals surface area contributed by atoms with E-state index in [-0.39, 0.29) is 12.8 Å². The molecule has 1 aromatic carbocycles. The van der Waals surface area contributed by atoms with Gasteiger partial charge in [-0.15, -0.1) is 0 Å². The van der Waals surface area contributed by atoms with Crippen molar-refractivity contribution >= 4 is 40.4 Å². The lowest BCUT2D eigenvalue weighted by atomic mass is 10.0. The molecule has 0 aliphatic carbocycles. The first-order valence-electron chi connectivity index (χ1n) is 9.68. The van der Waals surface area contributed by atoms with Gasteiger partial charge in [0.2, 0.25) is 11.6 Å². The van der Waals surface area contributed by atoms with E-state index in [4.69, 9.17) is 5.73 Å². The Bertz CT molecular complexity index is 786. The fraction of sp³-hybridized carbons (Fsp3) is 0.526. The first-order chi connectivity index (χ1) is 14.1. The first kappa shape index (κ1) is 25.6. The molecule has 11 heteroatoms. The molecule has 2 amide bonds. The number of hydrogen-bond acceptors (Lipinski definition) is 5. The minimum absolute atomic E-state index is 0.0297. The molecular weight excluding hydrogens is 503 g/mol. The van der Waals surface area contributed by atoms with Gasteiger partial charge in [0.25, 0.3) is 11.9 Å². The largest absolute Gasteiger partial charge is 0.365 e. The maximum atomic E-state index is 13.0.